The van der Waals surface area contributed by atoms with Gasteiger partial charge in [-0.25, -0.2) is 0 Å². The molecule has 0 fully saturated rings. The van der Waals surface area contributed by atoms with Gasteiger partial charge < -0.3 is 19.2 Å². The molecule has 0 bridgehead atoms. The van der Waals surface area contributed by atoms with Crippen LogP contribution in [-0.4, -0.2) is 22.9 Å². The maximum atomic E-state index is 13.0. The molecule has 7 heteroatoms. The summed E-state index contributed by atoms with van der Waals surface area (Å²) in [6.45, 7) is 0.150. The Morgan fingerprint density at radius 3 is 2.40 bits per heavy atom. The van der Waals surface area contributed by atoms with Crippen LogP contribution in [0.3, 0.4) is 0 Å². The average Bonchev–Trinajstić information content (AvgIpc) is 3.48. The van der Waals surface area contributed by atoms with Gasteiger partial charge in [-0.1, -0.05) is 48.5 Å². The Balaban J connectivity index is 1.46. The summed E-state index contributed by atoms with van der Waals surface area (Å²) in [4.78, 5) is 13.0. The van der Waals surface area contributed by atoms with Gasteiger partial charge in [0.15, 0.2) is 11.5 Å². The maximum Gasteiger partial charge on any atom is 0.252 e. The predicted molar refractivity (Wildman–Crippen MR) is 108 cm³/mol. The highest BCUT2D eigenvalue weighted by atomic mass is 16.7. The van der Waals surface area contributed by atoms with Crippen LogP contribution in [0, 0.1) is 0 Å². The van der Waals surface area contributed by atoms with E-state index in [2.05, 4.69) is 15.5 Å². The molecular weight excluding hydrogens is 382 g/mol. The number of aromatic nitrogens is 2. The van der Waals surface area contributed by atoms with E-state index in [4.69, 9.17) is 13.9 Å². The number of rotatable bonds is 5. The number of carbonyl (C=O) groups excluding carboxylic acids is 1. The molecule has 1 aliphatic heterocycles. The number of hydrogen-bond acceptors (Lipinski definition) is 6. The normalized spacial score (nSPS) is 13.1. The second-order valence-electron chi connectivity index (χ2n) is 6.70. The summed E-state index contributed by atoms with van der Waals surface area (Å²) >= 11 is 0. The molecule has 0 radical (unpaired) electrons. The number of amides is 1. The number of hydrogen-bond donors (Lipinski definition) is 1. The van der Waals surface area contributed by atoms with E-state index in [1.807, 2.05) is 60.7 Å². The van der Waals surface area contributed by atoms with Crippen LogP contribution in [0.25, 0.3) is 11.5 Å². The van der Waals surface area contributed by atoms with E-state index in [0.717, 1.165) is 11.1 Å². The standard InChI is InChI=1S/C23H17N3O4/c27-21(17-11-12-18-19(13-17)29-14-28-18)24-20(15-7-3-1-4-8-15)23-26-25-22(30-23)16-9-5-2-6-10-16/h1-13,20H,14H2,(H,24,27)/t20-/m1/s1. The molecule has 3 aromatic carbocycles. The zero-order chi connectivity index (χ0) is 20.3. The maximum absolute atomic E-state index is 13.0. The minimum atomic E-state index is -0.603. The molecule has 0 saturated carbocycles. The number of fused-ring (bicyclic) bond motifs is 1. The van der Waals surface area contributed by atoms with Crippen molar-refractivity contribution < 1.29 is 18.7 Å². The third kappa shape index (κ3) is 3.48. The molecule has 1 aliphatic rings. The lowest BCUT2D eigenvalue weighted by atomic mass is 10.1. The zero-order valence-corrected chi connectivity index (χ0v) is 15.8. The summed E-state index contributed by atoms with van der Waals surface area (Å²) < 4.78 is 16.6. The summed E-state index contributed by atoms with van der Waals surface area (Å²) in [5.41, 5.74) is 2.09. The van der Waals surface area contributed by atoms with Gasteiger partial charge >= 0.3 is 0 Å². The molecule has 1 amide bonds. The first-order valence-electron chi connectivity index (χ1n) is 9.42. The molecule has 0 spiro atoms. The van der Waals surface area contributed by atoms with Crippen molar-refractivity contribution in [2.24, 2.45) is 0 Å². The number of nitrogens with one attached hydrogen (secondary N) is 1. The summed E-state index contributed by atoms with van der Waals surface area (Å²) in [5, 5.41) is 11.3. The molecule has 1 N–H and O–H groups in total. The van der Waals surface area contributed by atoms with E-state index < -0.39 is 6.04 Å². The lowest BCUT2D eigenvalue weighted by Crippen LogP contribution is -2.29. The highest BCUT2D eigenvalue weighted by molar-refractivity contribution is 5.95. The van der Waals surface area contributed by atoms with Gasteiger partial charge in [0.2, 0.25) is 18.6 Å². The number of ether oxygens (including phenoxy) is 2. The SMILES string of the molecule is O=C(N[C@H](c1ccccc1)c1nnc(-c2ccccc2)o1)c1ccc2c(c1)OCO2. The minimum absolute atomic E-state index is 0.150. The first-order valence-corrected chi connectivity index (χ1v) is 9.42. The molecule has 30 heavy (non-hydrogen) atoms. The molecular formula is C23H17N3O4. The third-order valence-corrected chi connectivity index (χ3v) is 4.75. The molecule has 0 unspecified atom stereocenters. The molecule has 0 aliphatic carbocycles. The van der Waals surface area contributed by atoms with Crippen LogP contribution < -0.4 is 14.8 Å². The Morgan fingerprint density at radius 2 is 1.60 bits per heavy atom. The quantitative estimate of drug-likeness (QED) is 0.546. The Hall–Kier alpha value is -4.13. The lowest BCUT2D eigenvalue weighted by Gasteiger charge is -2.16. The summed E-state index contributed by atoms with van der Waals surface area (Å²) in [5.74, 6) is 1.57. The third-order valence-electron chi connectivity index (χ3n) is 4.75. The second kappa shape index (κ2) is 7.71. The van der Waals surface area contributed by atoms with Crippen LogP contribution in [0.15, 0.2) is 83.3 Å². The van der Waals surface area contributed by atoms with Crippen molar-refractivity contribution in [2.45, 2.75) is 6.04 Å². The van der Waals surface area contributed by atoms with E-state index in [1.165, 1.54) is 0 Å². The topological polar surface area (TPSA) is 86.5 Å². The van der Waals surface area contributed by atoms with Crippen molar-refractivity contribution in [1.82, 2.24) is 15.5 Å². The molecule has 2 heterocycles. The largest absolute Gasteiger partial charge is 0.454 e. The Labute approximate surface area is 172 Å². The van der Waals surface area contributed by atoms with Crippen molar-refractivity contribution in [1.29, 1.82) is 0 Å². The van der Waals surface area contributed by atoms with Crippen LogP contribution in [0.4, 0.5) is 0 Å². The Morgan fingerprint density at radius 1 is 0.867 bits per heavy atom. The first kappa shape index (κ1) is 17.9. The molecule has 0 saturated heterocycles. The minimum Gasteiger partial charge on any atom is -0.454 e. The zero-order valence-electron chi connectivity index (χ0n) is 15.8. The summed E-state index contributed by atoms with van der Waals surface area (Å²) in [7, 11) is 0. The molecule has 7 nitrogen and oxygen atoms in total. The fourth-order valence-electron chi connectivity index (χ4n) is 3.23. The lowest BCUT2D eigenvalue weighted by molar-refractivity contribution is 0.0937. The Bertz CT molecular complexity index is 1180. The van der Waals surface area contributed by atoms with Crippen molar-refractivity contribution in [3.05, 3.63) is 95.9 Å². The fourth-order valence-corrected chi connectivity index (χ4v) is 3.23. The monoisotopic (exact) mass is 399 g/mol. The highest BCUT2D eigenvalue weighted by Gasteiger charge is 2.25. The summed E-state index contributed by atoms with van der Waals surface area (Å²) in [6, 6.07) is 23.4. The van der Waals surface area contributed by atoms with Crippen LogP contribution in [0.2, 0.25) is 0 Å². The van der Waals surface area contributed by atoms with Crippen LogP contribution in [0.1, 0.15) is 27.9 Å². The average molecular weight is 399 g/mol. The van der Waals surface area contributed by atoms with Gasteiger partial charge in [0.25, 0.3) is 5.91 Å². The van der Waals surface area contributed by atoms with Gasteiger partial charge in [0, 0.05) is 11.1 Å². The molecule has 5 rings (SSSR count). The van der Waals surface area contributed by atoms with Crippen molar-refractivity contribution in [2.75, 3.05) is 6.79 Å². The van der Waals surface area contributed by atoms with Crippen molar-refractivity contribution in [3.63, 3.8) is 0 Å². The number of carbonyl (C=O) groups is 1. The second-order valence-corrected chi connectivity index (χ2v) is 6.70. The van der Waals surface area contributed by atoms with E-state index in [0.29, 0.717) is 28.8 Å². The van der Waals surface area contributed by atoms with E-state index in [-0.39, 0.29) is 12.7 Å². The number of nitrogens with zero attached hydrogens (tertiary/aromatic N) is 2. The first-order chi connectivity index (χ1) is 14.8. The van der Waals surface area contributed by atoms with Gasteiger partial charge in [-0.05, 0) is 35.9 Å². The summed E-state index contributed by atoms with van der Waals surface area (Å²) in [6.07, 6.45) is 0. The van der Waals surface area contributed by atoms with E-state index in [9.17, 15) is 4.79 Å². The molecule has 1 atom stereocenters. The smallest absolute Gasteiger partial charge is 0.252 e. The predicted octanol–water partition coefficient (Wildman–Crippen LogP) is 3.98. The van der Waals surface area contributed by atoms with E-state index in [1.54, 1.807) is 18.2 Å². The van der Waals surface area contributed by atoms with Gasteiger partial charge in [-0.2, -0.15) is 0 Å². The van der Waals surface area contributed by atoms with Gasteiger partial charge in [0.1, 0.15) is 6.04 Å². The highest BCUT2D eigenvalue weighted by Crippen LogP contribution is 2.33. The molecule has 1 aromatic heterocycles. The molecule has 148 valence electrons. The van der Waals surface area contributed by atoms with Crippen LogP contribution in [0.5, 0.6) is 11.5 Å². The van der Waals surface area contributed by atoms with Gasteiger partial charge in [-0.15, -0.1) is 10.2 Å². The fraction of sp³-hybridized carbons (Fsp3) is 0.0870. The molecule has 4 aromatic rings. The van der Waals surface area contributed by atoms with Gasteiger partial charge in [0.05, 0.1) is 0 Å². The van der Waals surface area contributed by atoms with Crippen LogP contribution in [-0.2, 0) is 0 Å². The van der Waals surface area contributed by atoms with Crippen molar-refractivity contribution >= 4 is 5.91 Å². The number of benzene rings is 3. The Kier molecular flexibility index (Phi) is 4.61. The van der Waals surface area contributed by atoms with Crippen LogP contribution >= 0.6 is 0 Å². The van der Waals surface area contributed by atoms with Crippen molar-refractivity contribution in [3.8, 4) is 23.0 Å². The van der Waals surface area contributed by atoms with Gasteiger partial charge in [-0.3, -0.25) is 4.79 Å². The van der Waals surface area contributed by atoms with E-state index >= 15 is 0 Å².